The summed E-state index contributed by atoms with van der Waals surface area (Å²) in [6.45, 7) is 4.70. The topological polar surface area (TPSA) is 46.3 Å². The van der Waals surface area contributed by atoms with E-state index in [0.717, 1.165) is 19.4 Å². The highest BCUT2D eigenvalue weighted by Crippen LogP contribution is 2.05. The van der Waals surface area contributed by atoms with Crippen molar-refractivity contribution in [1.29, 1.82) is 0 Å². The minimum Gasteiger partial charge on any atom is -0.344 e. The van der Waals surface area contributed by atoms with Gasteiger partial charge in [-0.1, -0.05) is 44.2 Å². The van der Waals surface area contributed by atoms with Gasteiger partial charge in [-0.25, -0.2) is 0 Å². The van der Waals surface area contributed by atoms with Crippen molar-refractivity contribution >= 4 is 5.91 Å². The number of hydrogen-bond donors (Lipinski definition) is 1. The van der Waals surface area contributed by atoms with Crippen molar-refractivity contribution in [3.63, 3.8) is 0 Å². The molecule has 0 saturated heterocycles. The second kappa shape index (κ2) is 7.17. The number of amides is 1. The lowest BCUT2D eigenvalue weighted by molar-refractivity contribution is -0.132. The van der Waals surface area contributed by atoms with Gasteiger partial charge in [-0.3, -0.25) is 4.79 Å². The number of likely N-dealkylation sites (N-methyl/N-ethyl adjacent to an activating group) is 1. The van der Waals surface area contributed by atoms with Gasteiger partial charge < -0.3 is 10.6 Å². The molecule has 0 fully saturated rings. The van der Waals surface area contributed by atoms with Crippen molar-refractivity contribution in [3.05, 3.63) is 35.9 Å². The highest BCUT2D eigenvalue weighted by molar-refractivity contribution is 5.81. The lowest BCUT2D eigenvalue weighted by atomic mass is 10.0. The molecule has 0 aliphatic rings. The van der Waals surface area contributed by atoms with Crippen LogP contribution in [0, 0.1) is 5.92 Å². The van der Waals surface area contributed by atoms with E-state index in [0.29, 0.717) is 0 Å². The smallest absolute Gasteiger partial charge is 0.239 e. The van der Waals surface area contributed by atoms with Crippen molar-refractivity contribution in [2.24, 2.45) is 11.7 Å². The van der Waals surface area contributed by atoms with Crippen molar-refractivity contribution in [1.82, 2.24) is 4.90 Å². The Hall–Kier alpha value is -1.35. The van der Waals surface area contributed by atoms with E-state index in [-0.39, 0.29) is 17.9 Å². The predicted molar refractivity (Wildman–Crippen MR) is 75.2 cm³/mol. The molecule has 1 unspecified atom stereocenters. The Labute approximate surface area is 110 Å². The van der Waals surface area contributed by atoms with Gasteiger partial charge in [-0.15, -0.1) is 0 Å². The third kappa shape index (κ3) is 4.49. The van der Waals surface area contributed by atoms with Gasteiger partial charge in [-0.2, -0.15) is 0 Å². The highest BCUT2D eigenvalue weighted by Gasteiger charge is 2.20. The molecule has 3 heteroatoms. The van der Waals surface area contributed by atoms with E-state index >= 15 is 0 Å². The molecule has 2 N–H and O–H groups in total. The average Bonchev–Trinajstić information content (AvgIpc) is 2.38. The molecular formula is C15H24N2O. The largest absolute Gasteiger partial charge is 0.344 e. The second-order valence-corrected chi connectivity index (χ2v) is 5.12. The zero-order valence-electron chi connectivity index (χ0n) is 11.6. The maximum atomic E-state index is 11.9. The SMILES string of the molecule is CC(C)C(N)C(=O)N(C)CCCc1ccccc1. The normalized spacial score (nSPS) is 12.5. The molecule has 1 aromatic rings. The third-order valence-corrected chi connectivity index (χ3v) is 3.18. The Balaban J connectivity index is 2.33. The molecule has 1 rings (SSSR count). The molecule has 18 heavy (non-hydrogen) atoms. The fourth-order valence-electron chi connectivity index (χ4n) is 1.81. The van der Waals surface area contributed by atoms with Crippen molar-refractivity contribution in [3.8, 4) is 0 Å². The summed E-state index contributed by atoms with van der Waals surface area (Å²) in [6.07, 6.45) is 1.96. The Bertz CT molecular complexity index is 362. The fourth-order valence-corrected chi connectivity index (χ4v) is 1.81. The van der Waals surface area contributed by atoms with Crippen LogP contribution < -0.4 is 5.73 Å². The fraction of sp³-hybridized carbons (Fsp3) is 0.533. The van der Waals surface area contributed by atoms with Crippen molar-refractivity contribution < 1.29 is 4.79 Å². The van der Waals surface area contributed by atoms with Crippen LogP contribution in [0.4, 0.5) is 0 Å². The monoisotopic (exact) mass is 248 g/mol. The second-order valence-electron chi connectivity index (χ2n) is 5.12. The standard InChI is InChI=1S/C15H24N2O/c1-12(2)14(16)15(18)17(3)11-7-10-13-8-5-4-6-9-13/h4-6,8-9,12,14H,7,10-11,16H2,1-3H3. The first-order chi connectivity index (χ1) is 8.52. The number of carbonyl (C=O) groups is 1. The van der Waals surface area contributed by atoms with E-state index in [1.165, 1.54) is 5.56 Å². The first-order valence-corrected chi connectivity index (χ1v) is 6.57. The van der Waals surface area contributed by atoms with Crippen LogP contribution in [0.3, 0.4) is 0 Å². The average molecular weight is 248 g/mol. The van der Waals surface area contributed by atoms with Gasteiger partial charge in [0.15, 0.2) is 0 Å². The minimum absolute atomic E-state index is 0.0399. The van der Waals surface area contributed by atoms with E-state index in [4.69, 9.17) is 5.73 Å². The molecule has 0 bridgehead atoms. The van der Waals surface area contributed by atoms with Gasteiger partial charge in [0.1, 0.15) is 0 Å². The van der Waals surface area contributed by atoms with Gasteiger partial charge in [0.25, 0.3) is 0 Å². The molecule has 100 valence electrons. The number of nitrogens with two attached hydrogens (primary N) is 1. The molecule has 0 spiro atoms. The molecule has 0 saturated carbocycles. The maximum Gasteiger partial charge on any atom is 0.239 e. The predicted octanol–water partition coefficient (Wildman–Crippen LogP) is 2.06. The van der Waals surface area contributed by atoms with Crippen LogP contribution >= 0.6 is 0 Å². The zero-order valence-corrected chi connectivity index (χ0v) is 11.6. The van der Waals surface area contributed by atoms with Gasteiger partial charge >= 0.3 is 0 Å². The lowest BCUT2D eigenvalue weighted by Gasteiger charge is -2.23. The molecule has 0 aliphatic carbocycles. The molecule has 3 nitrogen and oxygen atoms in total. The van der Waals surface area contributed by atoms with E-state index in [9.17, 15) is 4.79 Å². The van der Waals surface area contributed by atoms with Gasteiger partial charge in [0, 0.05) is 13.6 Å². The lowest BCUT2D eigenvalue weighted by Crippen LogP contribution is -2.45. The zero-order chi connectivity index (χ0) is 13.5. The molecule has 0 radical (unpaired) electrons. The summed E-state index contributed by atoms with van der Waals surface area (Å²) in [7, 11) is 1.83. The van der Waals surface area contributed by atoms with Crippen molar-refractivity contribution in [2.75, 3.05) is 13.6 Å². The summed E-state index contributed by atoms with van der Waals surface area (Å²) in [4.78, 5) is 13.7. The quantitative estimate of drug-likeness (QED) is 0.837. The van der Waals surface area contributed by atoms with Crippen LogP contribution in [0.5, 0.6) is 0 Å². The van der Waals surface area contributed by atoms with E-state index in [1.807, 2.05) is 39.1 Å². The summed E-state index contributed by atoms with van der Waals surface area (Å²) in [5.41, 5.74) is 7.16. The summed E-state index contributed by atoms with van der Waals surface area (Å²) < 4.78 is 0. The Morgan fingerprint density at radius 2 is 1.89 bits per heavy atom. The molecule has 1 amide bonds. The molecule has 0 aromatic heterocycles. The van der Waals surface area contributed by atoms with Crippen LogP contribution in [-0.4, -0.2) is 30.4 Å². The van der Waals surface area contributed by atoms with Crippen molar-refractivity contribution in [2.45, 2.75) is 32.7 Å². The van der Waals surface area contributed by atoms with Crippen LogP contribution in [0.2, 0.25) is 0 Å². The van der Waals surface area contributed by atoms with Gasteiger partial charge in [0.2, 0.25) is 5.91 Å². The van der Waals surface area contributed by atoms with E-state index in [2.05, 4.69) is 12.1 Å². The van der Waals surface area contributed by atoms with Gasteiger partial charge in [-0.05, 0) is 24.3 Å². The number of carbonyl (C=O) groups excluding carboxylic acids is 1. The van der Waals surface area contributed by atoms with Gasteiger partial charge in [0.05, 0.1) is 6.04 Å². The molecular weight excluding hydrogens is 224 g/mol. The Kier molecular flexibility index (Phi) is 5.86. The first kappa shape index (κ1) is 14.7. The van der Waals surface area contributed by atoms with Crippen LogP contribution in [0.25, 0.3) is 0 Å². The number of aryl methyl sites for hydroxylation is 1. The molecule has 1 atom stereocenters. The summed E-state index contributed by atoms with van der Waals surface area (Å²) in [5.74, 6) is 0.229. The van der Waals surface area contributed by atoms with E-state index in [1.54, 1.807) is 4.90 Å². The van der Waals surface area contributed by atoms with Crippen LogP contribution in [0.15, 0.2) is 30.3 Å². The molecule has 0 aliphatic heterocycles. The minimum atomic E-state index is -0.383. The molecule has 0 heterocycles. The first-order valence-electron chi connectivity index (χ1n) is 6.57. The number of rotatable bonds is 6. The van der Waals surface area contributed by atoms with E-state index < -0.39 is 0 Å². The highest BCUT2D eigenvalue weighted by atomic mass is 16.2. The Morgan fingerprint density at radius 1 is 1.28 bits per heavy atom. The number of hydrogen-bond acceptors (Lipinski definition) is 2. The number of nitrogens with zero attached hydrogens (tertiary/aromatic N) is 1. The summed E-state index contributed by atoms with van der Waals surface area (Å²) in [6, 6.07) is 9.94. The number of benzene rings is 1. The Morgan fingerprint density at radius 3 is 2.44 bits per heavy atom. The summed E-state index contributed by atoms with van der Waals surface area (Å²) in [5, 5.41) is 0. The van der Waals surface area contributed by atoms with Crippen LogP contribution in [0.1, 0.15) is 25.8 Å². The third-order valence-electron chi connectivity index (χ3n) is 3.18. The maximum absolute atomic E-state index is 11.9. The molecule has 1 aromatic carbocycles. The van der Waals surface area contributed by atoms with Crippen LogP contribution in [-0.2, 0) is 11.2 Å². The summed E-state index contributed by atoms with van der Waals surface area (Å²) >= 11 is 0.